The van der Waals surface area contributed by atoms with E-state index < -0.39 is 25.7 Å². The van der Waals surface area contributed by atoms with Crippen molar-refractivity contribution in [2.45, 2.75) is 58.1 Å². The van der Waals surface area contributed by atoms with Crippen LogP contribution in [-0.4, -0.2) is 44.9 Å². The highest BCUT2D eigenvalue weighted by Gasteiger charge is 2.43. The molecule has 0 radical (unpaired) electrons. The van der Waals surface area contributed by atoms with Gasteiger partial charge in [-0.05, 0) is 12.5 Å². The lowest BCUT2D eigenvalue weighted by atomic mass is 10.2. The second-order valence-electron chi connectivity index (χ2n) is 6.59. The highest BCUT2D eigenvalue weighted by molar-refractivity contribution is 6.84. The molecule has 0 aromatic heterocycles. The normalized spacial score (nSPS) is 12.0. The molecule has 0 fully saturated rings. The van der Waals surface area contributed by atoms with Gasteiger partial charge >= 0.3 is 12.1 Å². The third-order valence-electron chi connectivity index (χ3n) is 5.16. The van der Waals surface area contributed by atoms with Crippen molar-refractivity contribution in [3.63, 3.8) is 0 Å². The fourth-order valence-electron chi connectivity index (χ4n) is 3.19. The maximum absolute atomic E-state index is 12.5. The Morgan fingerprint density at radius 3 is 2.11 bits per heavy atom. The number of nitrogens with one attached hydrogen (secondary N) is 2. The van der Waals surface area contributed by atoms with Gasteiger partial charge in [0.2, 0.25) is 5.91 Å². The third kappa shape index (κ3) is 6.99. The van der Waals surface area contributed by atoms with Crippen molar-refractivity contribution in [2.24, 2.45) is 0 Å². The predicted octanol–water partition coefficient (Wildman–Crippen LogP) is 3.01. The van der Waals surface area contributed by atoms with Gasteiger partial charge in [0.05, 0.1) is 14.7 Å². The van der Waals surface area contributed by atoms with Crippen molar-refractivity contribution in [3.05, 3.63) is 35.9 Å². The van der Waals surface area contributed by atoms with E-state index in [1.54, 1.807) is 6.92 Å². The zero-order chi connectivity index (χ0) is 21.0. The third-order valence-corrected chi connectivity index (χ3v) is 11.0. The van der Waals surface area contributed by atoms with Gasteiger partial charge in [-0.15, -0.1) is 0 Å². The zero-order valence-electron chi connectivity index (χ0n) is 17.2. The van der Waals surface area contributed by atoms with E-state index >= 15 is 0 Å². The molecule has 156 valence electrons. The average Bonchev–Trinajstić information content (AvgIpc) is 2.72. The molecule has 1 aromatic rings. The lowest BCUT2D eigenvalue weighted by molar-refractivity contribution is -0.145. The molecule has 2 N–H and O–H groups in total. The minimum absolute atomic E-state index is 0.122. The summed E-state index contributed by atoms with van der Waals surface area (Å²) in [5.41, 5.74) is 0.233. The van der Waals surface area contributed by atoms with Crippen LogP contribution in [0.25, 0.3) is 0 Å². The van der Waals surface area contributed by atoms with Gasteiger partial charge in [0.15, 0.2) is 0 Å². The Hall–Kier alpha value is -2.35. The van der Waals surface area contributed by atoms with Crippen LogP contribution < -0.4 is 10.6 Å². The lowest BCUT2D eigenvalue weighted by Crippen LogP contribution is -2.61. The number of amides is 2. The Labute approximate surface area is 168 Å². The van der Waals surface area contributed by atoms with Crippen molar-refractivity contribution in [3.8, 4) is 0 Å². The van der Waals surface area contributed by atoms with Crippen LogP contribution in [0.5, 0.6) is 0 Å². The van der Waals surface area contributed by atoms with Crippen LogP contribution in [0.1, 0.15) is 33.3 Å². The minimum Gasteiger partial charge on any atom is -0.465 e. The summed E-state index contributed by atoms with van der Waals surface area (Å²) in [5.74, 6) is -0.818. The summed E-state index contributed by atoms with van der Waals surface area (Å²) in [7, 11) is -2.08. The van der Waals surface area contributed by atoms with E-state index in [-0.39, 0.29) is 25.7 Å². The van der Waals surface area contributed by atoms with E-state index in [1.807, 2.05) is 30.3 Å². The highest BCUT2D eigenvalue weighted by Crippen LogP contribution is 2.25. The number of hydrogen-bond donors (Lipinski definition) is 2. The zero-order valence-corrected chi connectivity index (χ0v) is 18.2. The Morgan fingerprint density at radius 1 is 0.964 bits per heavy atom. The first kappa shape index (κ1) is 23.7. The molecule has 0 bridgehead atoms. The maximum atomic E-state index is 12.5. The number of esters is 1. The molecule has 8 heteroatoms. The second-order valence-corrected chi connectivity index (χ2v) is 12.0. The summed E-state index contributed by atoms with van der Waals surface area (Å²) in [6.45, 7) is 8.03. The van der Waals surface area contributed by atoms with Crippen LogP contribution >= 0.6 is 0 Å². The first-order valence-electron chi connectivity index (χ1n) is 9.82. The molecule has 2 amide bonds. The van der Waals surface area contributed by atoms with E-state index in [1.165, 1.54) is 0 Å². The molecule has 28 heavy (non-hydrogen) atoms. The summed E-state index contributed by atoms with van der Waals surface area (Å²) in [6.07, 6.45) is -0.684. The molecule has 1 rings (SSSR count). The van der Waals surface area contributed by atoms with Crippen LogP contribution in [0.2, 0.25) is 18.1 Å². The van der Waals surface area contributed by atoms with Crippen molar-refractivity contribution in [2.75, 3.05) is 13.2 Å². The van der Waals surface area contributed by atoms with Crippen LogP contribution in [-0.2, 0) is 25.7 Å². The van der Waals surface area contributed by atoms with Gasteiger partial charge < -0.3 is 20.1 Å². The molecule has 1 unspecified atom stereocenters. The summed E-state index contributed by atoms with van der Waals surface area (Å²) >= 11 is 0. The smallest absolute Gasteiger partial charge is 0.407 e. The molecule has 0 spiro atoms. The molecular weight excluding hydrogens is 376 g/mol. The van der Waals surface area contributed by atoms with Gasteiger partial charge in [0, 0.05) is 0 Å². The van der Waals surface area contributed by atoms with Gasteiger partial charge in [-0.25, -0.2) is 4.79 Å². The average molecular weight is 409 g/mol. The number of hydrogen-bond acceptors (Lipinski definition) is 5. The molecule has 0 aliphatic rings. The molecular formula is C20H32N2O5Si. The van der Waals surface area contributed by atoms with Crippen LogP contribution in [0.4, 0.5) is 4.79 Å². The van der Waals surface area contributed by atoms with E-state index in [0.717, 1.165) is 23.7 Å². The van der Waals surface area contributed by atoms with Crippen molar-refractivity contribution >= 4 is 26.0 Å². The molecule has 0 saturated carbocycles. The summed E-state index contributed by atoms with van der Waals surface area (Å²) in [4.78, 5) is 36.7. The van der Waals surface area contributed by atoms with Crippen LogP contribution in [0, 0.1) is 0 Å². The van der Waals surface area contributed by atoms with Gasteiger partial charge in [-0.2, -0.15) is 0 Å². The summed E-state index contributed by atoms with van der Waals surface area (Å²) in [5, 5.41) is 5.23. The van der Waals surface area contributed by atoms with E-state index in [9.17, 15) is 14.4 Å². The number of carbonyl (C=O) groups excluding carboxylic acids is 3. The molecule has 7 nitrogen and oxygen atoms in total. The predicted molar refractivity (Wildman–Crippen MR) is 110 cm³/mol. The van der Waals surface area contributed by atoms with E-state index in [0.29, 0.717) is 0 Å². The van der Waals surface area contributed by atoms with Gasteiger partial charge in [0.25, 0.3) is 0 Å². The topological polar surface area (TPSA) is 93.7 Å². The fourth-order valence-corrected chi connectivity index (χ4v) is 6.96. The first-order valence-corrected chi connectivity index (χ1v) is 12.5. The monoisotopic (exact) mass is 408 g/mol. The Kier molecular flexibility index (Phi) is 10.3. The van der Waals surface area contributed by atoms with E-state index in [4.69, 9.17) is 9.47 Å². The summed E-state index contributed by atoms with van der Waals surface area (Å²) < 4.78 is 10.3. The van der Waals surface area contributed by atoms with Gasteiger partial charge in [0.1, 0.15) is 18.8 Å². The largest absolute Gasteiger partial charge is 0.465 e. The quantitative estimate of drug-likeness (QED) is 0.434. The van der Waals surface area contributed by atoms with Gasteiger partial charge in [-0.3, -0.25) is 9.59 Å². The minimum atomic E-state index is -2.08. The van der Waals surface area contributed by atoms with Crippen LogP contribution in [0.15, 0.2) is 30.3 Å². The van der Waals surface area contributed by atoms with Crippen molar-refractivity contribution in [1.29, 1.82) is 0 Å². The molecule has 1 aromatic carbocycles. The maximum Gasteiger partial charge on any atom is 0.407 e. The Morgan fingerprint density at radius 2 is 1.57 bits per heavy atom. The number of ether oxygens (including phenoxy) is 2. The molecule has 0 aliphatic heterocycles. The van der Waals surface area contributed by atoms with Crippen LogP contribution in [0.3, 0.4) is 0 Å². The Bertz CT molecular complexity index is 626. The molecule has 0 saturated heterocycles. The molecule has 0 heterocycles. The van der Waals surface area contributed by atoms with Crippen molar-refractivity contribution < 1.29 is 23.9 Å². The fraction of sp³-hybridized carbons (Fsp3) is 0.550. The number of rotatable bonds is 11. The SMILES string of the molecule is CCOC(=O)C(NC(=O)CNC(=O)OCc1ccccc1)[Si](CC)(CC)CC. The first-order chi connectivity index (χ1) is 13.4. The summed E-state index contributed by atoms with van der Waals surface area (Å²) in [6, 6.07) is 11.8. The second kappa shape index (κ2) is 12.2. The van der Waals surface area contributed by atoms with Crippen molar-refractivity contribution in [1.82, 2.24) is 10.6 Å². The standard InChI is InChI=1S/C20H32N2O5Si/c1-5-26-19(24)18(28(6-2,7-3)8-4)22-17(23)14-21-20(25)27-15-16-12-10-9-11-13-16/h9-13,18H,5-8,14-15H2,1-4H3,(H,21,25)(H,22,23). The molecule has 0 aliphatic carbocycles. The Balaban J connectivity index is 2.62. The van der Waals surface area contributed by atoms with Gasteiger partial charge in [-0.1, -0.05) is 69.2 Å². The number of benzene rings is 1. The number of alkyl carbamates (subject to hydrolysis) is 1. The lowest BCUT2D eigenvalue weighted by Gasteiger charge is -2.35. The van der Waals surface area contributed by atoms with E-state index in [2.05, 4.69) is 31.4 Å². The molecule has 1 atom stereocenters. The highest BCUT2D eigenvalue weighted by atomic mass is 28.3. The number of carbonyl (C=O) groups is 3.